The molecule has 1 heterocycles. The molecule has 2 N–H and O–H groups in total. The highest BCUT2D eigenvalue weighted by molar-refractivity contribution is 7.09. The minimum absolute atomic E-state index is 0.0288. The van der Waals surface area contributed by atoms with E-state index in [4.69, 9.17) is 0 Å². The molecule has 0 unspecified atom stereocenters. The molecule has 0 radical (unpaired) electrons. The molecule has 6 heteroatoms. The van der Waals surface area contributed by atoms with E-state index in [-0.39, 0.29) is 12.5 Å². The van der Waals surface area contributed by atoms with Gasteiger partial charge in [-0.15, -0.1) is 11.3 Å². The highest BCUT2D eigenvalue weighted by Gasteiger charge is 2.07. The summed E-state index contributed by atoms with van der Waals surface area (Å²) >= 11 is 1.77. The first-order valence-electron chi connectivity index (χ1n) is 7.45. The van der Waals surface area contributed by atoms with Crippen LogP contribution in [0.5, 0.6) is 0 Å². The van der Waals surface area contributed by atoms with Crippen molar-refractivity contribution in [2.45, 2.75) is 26.7 Å². The normalized spacial score (nSPS) is 11.3. The van der Waals surface area contributed by atoms with Crippen LogP contribution in [0.1, 0.15) is 25.1 Å². The molecular formula is C15H26N4OS. The summed E-state index contributed by atoms with van der Waals surface area (Å²) in [6.07, 6.45) is 1.93. The van der Waals surface area contributed by atoms with Crippen molar-refractivity contribution in [3.8, 4) is 0 Å². The lowest BCUT2D eigenvalue weighted by molar-refractivity contribution is -0.119. The Kier molecular flexibility index (Phi) is 8.50. The van der Waals surface area contributed by atoms with Gasteiger partial charge in [-0.05, 0) is 31.2 Å². The van der Waals surface area contributed by atoms with E-state index in [0.717, 1.165) is 31.9 Å². The SMILES string of the molecule is CCCNC(=O)CN=C(NCC)N(C)CCc1cccs1. The van der Waals surface area contributed by atoms with Crippen molar-refractivity contribution in [3.63, 3.8) is 0 Å². The van der Waals surface area contributed by atoms with E-state index < -0.39 is 0 Å². The summed E-state index contributed by atoms with van der Waals surface area (Å²) in [6, 6.07) is 4.21. The summed E-state index contributed by atoms with van der Waals surface area (Å²) < 4.78 is 0. The van der Waals surface area contributed by atoms with E-state index in [2.05, 4.69) is 38.0 Å². The van der Waals surface area contributed by atoms with Crippen molar-refractivity contribution >= 4 is 23.2 Å². The van der Waals surface area contributed by atoms with Crippen LogP contribution in [0, 0.1) is 0 Å². The Hall–Kier alpha value is -1.56. The van der Waals surface area contributed by atoms with Gasteiger partial charge in [0.2, 0.25) is 5.91 Å². The molecule has 0 bridgehead atoms. The monoisotopic (exact) mass is 310 g/mol. The zero-order valence-corrected chi connectivity index (χ0v) is 14.0. The van der Waals surface area contributed by atoms with Crippen LogP contribution in [0.25, 0.3) is 0 Å². The number of guanidine groups is 1. The molecule has 1 aromatic rings. The number of thiophene rings is 1. The third-order valence-electron chi connectivity index (χ3n) is 2.91. The Morgan fingerprint density at radius 1 is 1.38 bits per heavy atom. The van der Waals surface area contributed by atoms with Gasteiger partial charge in [-0.25, -0.2) is 4.99 Å². The fourth-order valence-corrected chi connectivity index (χ4v) is 2.47. The molecule has 118 valence electrons. The molecular weight excluding hydrogens is 284 g/mol. The maximum Gasteiger partial charge on any atom is 0.241 e. The van der Waals surface area contributed by atoms with E-state index in [0.29, 0.717) is 6.54 Å². The van der Waals surface area contributed by atoms with E-state index in [9.17, 15) is 4.79 Å². The van der Waals surface area contributed by atoms with Crippen LogP contribution in [0.4, 0.5) is 0 Å². The second-order valence-electron chi connectivity index (χ2n) is 4.77. The van der Waals surface area contributed by atoms with Crippen molar-refractivity contribution in [2.75, 3.05) is 33.2 Å². The first-order valence-corrected chi connectivity index (χ1v) is 8.33. The summed E-state index contributed by atoms with van der Waals surface area (Å²) in [7, 11) is 2.00. The van der Waals surface area contributed by atoms with Gasteiger partial charge < -0.3 is 15.5 Å². The number of rotatable bonds is 8. The molecule has 1 rings (SSSR count). The molecule has 1 amide bonds. The minimum Gasteiger partial charge on any atom is -0.357 e. The number of amides is 1. The second kappa shape index (κ2) is 10.2. The molecule has 0 saturated heterocycles. The minimum atomic E-state index is -0.0288. The van der Waals surface area contributed by atoms with Crippen molar-refractivity contribution in [3.05, 3.63) is 22.4 Å². The number of carbonyl (C=O) groups excluding carboxylic acids is 1. The summed E-state index contributed by atoms with van der Waals surface area (Å²) in [5.41, 5.74) is 0. The van der Waals surface area contributed by atoms with Crippen LogP contribution in [0.15, 0.2) is 22.5 Å². The van der Waals surface area contributed by atoms with Crippen LogP contribution in [-0.2, 0) is 11.2 Å². The predicted molar refractivity (Wildman–Crippen MR) is 89.9 cm³/mol. The fraction of sp³-hybridized carbons (Fsp3) is 0.600. The fourth-order valence-electron chi connectivity index (χ4n) is 1.78. The van der Waals surface area contributed by atoms with Crippen LogP contribution in [-0.4, -0.2) is 50.0 Å². The van der Waals surface area contributed by atoms with Crippen molar-refractivity contribution in [1.29, 1.82) is 0 Å². The molecule has 1 aromatic heterocycles. The Labute approximate surface area is 131 Å². The first-order chi connectivity index (χ1) is 10.2. The van der Waals surface area contributed by atoms with Gasteiger partial charge in [0.05, 0.1) is 0 Å². The molecule has 0 atom stereocenters. The van der Waals surface area contributed by atoms with Crippen LogP contribution >= 0.6 is 11.3 Å². The van der Waals surface area contributed by atoms with Crippen LogP contribution in [0.3, 0.4) is 0 Å². The van der Waals surface area contributed by atoms with E-state index >= 15 is 0 Å². The summed E-state index contributed by atoms with van der Waals surface area (Å²) in [5, 5.41) is 8.15. The lowest BCUT2D eigenvalue weighted by Crippen LogP contribution is -2.40. The molecule has 0 aliphatic heterocycles. The maximum absolute atomic E-state index is 11.6. The number of hydrogen-bond donors (Lipinski definition) is 2. The van der Waals surface area contributed by atoms with E-state index in [1.807, 2.05) is 20.9 Å². The first kappa shape index (κ1) is 17.5. The average molecular weight is 310 g/mol. The maximum atomic E-state index is 11.6. The topological polar surface area (TPSA) is 56.7 Å². The number of hydrogen-bond acceptors (Lipinski definition) is 3. The number of aliphatic imine (C=N–C) groups is 1. The third-order valence-corrected chi connectivity index (χ3v) is 3.85. The average Bonchev–Trinajstić information content (AvgIpc) is 3.00. The molecule has 0 saturated carbocycles. The molecule has 0 fully saturated rings. The predicted octanol–water partition coefficient (Wildman–Crippen LogP) is 1.71. The lowest BCUT2D eigenvalue weighted by Gasteiger charge is -2.21. The Morgan fingerprint density at radius 3 is 2.81 bits per heavy atom. The van der Waals surface area contributed by atoms with Gasteiger partial charge in [0.25, 0.3) is 0 Å². The molecule has 0 spiro atoms. The molecule has 5 nitrogen and oxygen atoms in total. The van der Waals surface area contributed by atoms with Crippen LogP contribution in [0.2, 0.25) is 0 Å². The van der Waals surface area contributed by atoms with Gasteiger partial charge in [-0.2, -0.15) is 0 Å². The largest absolute Gasteiger partial charge is 0.357 e. The number of nitrogens with zero attached hydrogens (tertiary/aromatic N) is 2. The van der Waals surface area contributed by atoms with Gasteiger partial charge in [0, 0.05) is 31.6 Å². The molecule has 0 aliphatic carbocycles. The standard InChI is InChI=1S/C15H26N4OS/c1-4-9-17-14(20)12-18-15(16-5-2)19(3)10-8-13-7-6-11-21-13/h6-7,11H,4-5,8-10,12H2,1-3H3,(H,16,18)(H,17,20). The van der Waals surface area contributed by atoms with Crippen molar-refractivity contribution in [1.82, 2.24) is 15.5 Å². The van der Waals surface area contributed by atoms with E-state index in [1.54, 1.807) is 11.3 Å². The Morgan fingerprint density at radius 2 is 2.19 bits per heavy atom. The number of nitrogens with one attached hydrogen (secondary N) is 2. The van der Waals surface area contributed by atoms with Crippen molar-refractivity contribution in [2.24, 2.45) is 4.99 Å². The second-order valence-corrected chi connectivity index (χ2v) is 5.80. The lowest BCUT2D eigenvalue weighted by atomic mass is 10.3. The Balaban J connectivity index is 2.47. The summed E-state index contributed by atoms with van der Waals surface area (Å²) in [5.74, 6) is 0.750. The van der Waals surface area contributed by atoms with Crippen molar-refractivity contribution < 1.29 is 4.79 Å². The Bertz CT molecular complexity index is 431. The van der Waals surface area contributed by atoms with Gasteiger partial charge >= 0.3 is 0 Å². The number of likely N-dealkylation sites (N-methyl/N-ethyl adjacent to an activating group) is 1. The molecule has 0 aromatic carbocycles. The number of carbonyl (C=O) groups is 1. The summed E-state index contributed by atoms with van der Waals surface area (Å²) in [4.78, 5) is 19.4. The van der Waals surface area contributed by atoms with Gasteiger partial charge in [0.1, 0.15) is 6.54 Å². The molecule has 0 aliphatic rings. The highest BCUT2D eigenvalue weighted by atomic mass is 32.1. The zero-order valence-electron chi connectivity index (χ0n) is 13.2. The smallest absolute Gasteiger partial charge is 0.241 e. The summed E-state index contributed by atoms with van der Waals surface area (Å²) in [6.45, 7) is 6.61. The van der Waals surface area contributed by atoms with Gasteiger partial charge in [0.15, 0.2) is 5.96 Å². The van der Waals surface area contributed by atoms with Gasteiger partial charge in [-0.1, -0.05) is 13.0 Å². The van der Waals surface area contributed by atoms with Gasteiger partial charge in [-0.3, -0.25) is 4.79 Å². The highest BCUT2D eigenvalue weighted by Crippen LogP contribution is 2.09. The molecule has 21 heavy (non-hydrogen) atoms. The van der Waals surface area contributed by atoms with E-state index in [1.165, 1.54) is 4.88 Å². The quantitative estimate of drug-likeness (QED) is 0.568. The van der Waals surface area contributed by atoms with Crippen LogP contribution < -0.4 is 10.6 Å². The third kappa shape index (κ3) is 7.13. The zero-order chi connectivity index (χ0) is 15.5.